The molecule has 172 valence electrons. The topological polar surface area (TPSA) is 76.5 Å². The molecule has 1 aromatic heterocycles. The number of hydrogen-bond acceptors (Lipinski definition) is 4. The lowest BCUT2D eigenvalue weighted by Gasteiger charge is -2.43. The third-order valence-electron chi connectivity index (χ3n) is 5.95. The summed E-state index contributed by atoms with van der Waals surface area (Å²) >= 11 is 6.40. The molecule has 0 aliphatic carbocycles. The average molecular weight is 467 g/mol. The van der Waals surface area contributed by atoms with E-state index >= 15 is 0 Å². The quantitative estimate of drug-likeness (QED) is 0.513. The number of methoxy groups -OCH3 is 1. The van der Waals surface area contributed by atoms with Crippen LogP contribution in [-0.2, 0) is 22.6 Å². The first-order chi connectivity index (χ1) is 15.9. The van der Waals surface area contributed by atoms with Gasteiger partial charge in [0.25, 0.3) is 5.91 Å². The number of hydrogen-bond donors (Lipinski definition) is 1. The molecule has 1 N–H and O–H groups in total. The van der Waals surface area contributed by atoms with Crippen LogP contribution >= 0.6 is 11.6 Å². The molecule has 0 saturated carbocycles. The van der Waals surface area contributed by atoms with E-state index in [2.05, 4.69) is 10.4 Å². The van der Waals surface area contributed by atoms with E-state index < -0.39 is 5.54 Å². The van der Waals surface area contributed by atoms with E-state index in [1.807, 2.05) is 48.5 Å². The molecule has 3 aromatic rings. The standard InChI is InChI=1S/C25H27ClN4O3/c1-25(24(32)27-13-8-14-33-2)17-30-22(15-21(28-30)18-9-4-3-5-10-18)23(31)29(25)16-19-11-6-7-12-20(19)26/h3-7,9-12,15H,8,13-14,16-17H2,1-2H3,(H,27,32)/t25-/m1/s1. The highest BCUT2D eigenvalue weighted by atomic mass is 35.5. The largest absolute Gasteiger partial charge is 0.385 e. The number of benzene rings is 2. The van der Waals surface area contributed by atoms with Crippen molar-refractivity contribution in [1.29, 1.82) is 0 Å². The highest BCUT2D eigenvalue weighted by molar-refractivity contribution is 6.31. The van der Waals surface area contributed by atoms with E-state index in [-0.39, 0.29) is 24.9 Å². The maximum atomic E-state index is 13.7. The van der Waals surface area contributed by atoms with Gasteiger partial charge in [-0.25, -0.2) is 0 Å². The Morgan fingerprint density at radius 2 is 1.91 bits per heavy atom. The van der Waals surface area contributed by atoms with E-state index in [4.69, 9.17) is 16.3 Å². The predicted octanol–water partition coefficient (Wildman–Crippen LogP) is 3.77. The van der Waals surface area contributed by atoms with Gasteiger partial charge < -0.3 is 15.0 Å². The van der Waals surface area contributed by atoms with Gasteiger partial charge in [-0.15, -0.1) is 0 Å². The number of carbonyl (C=O) groups excluding carboxylic acids is 2. The summed E-state index contributed by atoms with van der Waals surface area (Å²) in [4.78, 5) is 28.7. The van der Waals surface area contributed by atoms with Crippen molar-refractivity contribution in [1.82, 2.24) is 20.0 Å². The summed E-state index contributed by atoms with van der Waals surface area (Å²) in [6.45, 7) is 3.23. The Morgan fingerprint density at radius 3 is 2.64 bits per heavy atom. The van der Waals surface area contributed by atoms with Crippen LogP contribution in [0.3, 0.4) is 0 Å². The van der Waals surface area contributed by atoms with Gasteiger partial charge in [-0.2, -0.15) is 5.10 Å². The lowest BCUT2D eigenvalue weighted by Crippen LogP contribution is -2.63. The molecule has 0 saturated heterocycles. The molecule has 7 nitrogen and oxygen atoms in total. The first kappa shape index (κ1) is 23.0. The highest BCUT2D eigenvalue weighted by Gasteiger charge is 2.48. The van der Waals surface area contributed by atoms with Crippen LogP contribution in [0.2, 0.25) is 5.02 Å². The minimum Gasteiger partial charge on any atom is -0.385 e. The van der Waals surface area contributed by atoms with Gasteiger partial charge in [0.05, 0.1) is 12.2 Å². The number of rotatable bonds is 8. The van der Waals surface area contributed by atoms with Crippen LogP contribution in [0.25, 0.3) is 11.3 Å². The minimum absolute atomic E-state index is 0.215. The Hall–Kier alpha value is -3.16. The van der Waals surface area contributed by atoms with Crippen molar-refractivity contribution >= 4 is 23.4 Å². The fourth-order valence-corrected chi connectivity index (χ4v) is 4.24. The molecular weight excluding hydrogens is 440 g/mol. The van der Waals surface area contributed by atoms with E-state index in [1.54, 1.807) is 35.7 Å². The van der Waals surface area contributed by atoms with Crippen molar-refractivity contribution in [3.63, 3.8) is 0 Å². The van der Waals surface area contributed by atoms with Crippen molar-refractivity contribution < 1.29 is 14.3 Å². The number of carbonyl (C=O) groups is 2. The first-order valence-corrected chi connectivity index (χ1v) is 11.3. The van der Waals surface area contributed by atoms with Crippen LogP contribution in [0.5, 0.6) is 0 Å². The van der Waals surface area contributed by atoms with Crippen molar-refractivity contribution in [2.24, 2.45) is 0 Å². The van der Waals surface area contributed by atoms with Crippen LogP contribution in [0.1, 0.15) is 29.4 Å². The predicted molar refractivity (Wildman–Crippen MR) is 127 cm³/mol. The maximum Gasteiger partial charge on any atom is 0.273 e. The summed E-state index contributed by atoms with van der Waals surface area (Å²) in [5.74, 6) is -0.494. The highest BCUT2D eigenvalue weighted by Crippen LogP contribution is 2.32. The number of nitrogens with one attached hydrogen (secondary N) is 1. The first-order valence-electron chi connectivity index (χ1n) is 10.9. The van der Waals surface area contributed by atoms with Crippen LogP contribution in [0, 0.1) is 0 Å². The fraction of sp³-hybridized carbons (Fsp3) is 0.320. The maximum absolute atomic E-state index is 13.7. The van der Waals surface area contributed by atoms with Crippen LogP contribution in [-0.4, -0.2) is 52.3 Å². The molecule has 0 radical (unpaired) electrons. The fourth-order valence-electron chi connectivity index (χ4n) is 4.05. The molecule has 2 amide bonds. The lowest BCUT2D eigenvalue weighted by molar-refractivity contribution is -0.133. The molecule has 0 bridgehead atoms. The third-order valence-corrected chi connectivity index (χ3v) is 6.32. The number of amides is 2. The van der Waals surface area contributed by atoms with Gasteiger partial charge in [0.2, 0.25) is 5.91 Å². The van der Waals surface area contributed by atoms with Crippen molar-refractivity contribution in [2.45, 2.75) is 32.0 Å². The zero-order valence-corrected chi connectivity index (χ0v) is 19.5. The average Bonchev–Trinajstić information content (AvgIpc) is 3.25. The molecule has 2 heterocycles. The molecule has 1 atom stereocenters. The normalized spacial score (nSPS) is 17.7. The Labute approximate surface area is 198 Å². The van der Waals surface area contributed by atoms with E-state index in [1.165, 1.54) is 0 Å². The molecule has 0 spiro atoms. The Kier molecular flexibility index (Phi) is 6.81. The summed E-state index contributed by atoms with van der Waals surface area (Å²) in [6, 6.07) is 18.8. The summed E-state index contributed by atoms with van der Waals surface area (Å²) in [6.07, 6.45) is 0.682. The number of aromatic nitrogens is 2. The monoisotopic (exact) mass is 466 g/mol. The SMILES string of the molecule is COCCCNC(=O)[C@@]1(C)Cn2nc(-c3ccccc3)cc2C(=O)N1Cc1ccccc1Cl. The molecule has 1 aliphatic heterocycles. The zero-order valence-electron chi connectivity index (χ0n) is 18.8. The van der Waals surface area contributed by atoms with Gasteiger partial charge in [-0.05, 0) is 31.0 Å². The smallest absolute Gasteiger partial charge is 0.273 e. The summed E-state index contributed by atoms with van der Waals surface area (Å²) in [5.41, 5.74) is 1.70. The lowest BCUT2D eigenvalue weighted by atomic mass is 9.94. The van der Waals surface area contributed by atoms with Gasteiger partial charge in [0.1, 0.15) is 11.2 Å². The summed E-state index contributed by atoms with van der Waals surface area (Å²) in [5, 5.41) is 8.18. The second-order valence-electron chi connectivity index (χ2n) is 8.30. The van der Waals surface area contributed by atoms with Gasteiger partial charge in [0, 0.05) is 37.4 Å². The second kappa shape index (κ2) is 9.77. The summed E-state index contributed by atoms with van der Waals surface area (Å²) < 4.78 is 6.71. The number of halogens is 1. The zero-order chi connectivity index (χ0) is 23.4. The molecule has 0 unspecified atom stereocenters. The molecule has 33 heavy (non-hydrogen) atoms. The summed E-state index contributed by atoms with van der Waals surface area (Å²) in [7, 11) is 1.62. The number of fused-ring (bicyclic) bond motifs is 1. The molecule has 4 rings (SSSR count). The molecule has 1 aliphatic rings. The van der Waals surface area contributed by atoms with Crippen LogP contribution < -0.4 is 5.32 Å². The second-order valence-corrected chi connectivity index (χ2v) is 8.70. The van der Waals surface area contributed by atoms with Gasteiger partial charge >= 0.3 is 0 Å². The Balaban J connectivity index is 1.70. The van der Waals surface area contributed by atoms with Gasteiger partial charge in [0.15, 0.2) is 0 Å². The van der Waals surface area contributed by atoms with E-state index in [0.717, 1.165) is 11.1 Å². The van der Waals surface area contributed by atoms with Crippen LogP contribution in [0.15, 0.2) is 60.7 Å². The van der Waals surface area contributed by atoms with Gasteiger partial charge in [-0.1, -0.05) is 60.1 Å². The molecule has 0 fully saturated rings. The molecular formula is C25H27ClN4O3. The van der Waals surface area contributed by atoms with Crippen molar-refractivity contribution in [3.8, 4) is 11.3 Å². The molecule has 8 heteroatoms. The van der Waals surface area contributed by atoms with E-state index in [0.29, 0.717) is 36.0 Å². The Morgan fingerprint density at radius 1 is 1.18 bits per heavy atom. The minimum atomic E-state index is -1.14. The number of ether oxygens (including phenoxy) is 1. The van der Waals surface area contributed by atoms with Crippen LogP contribution in [0.4, 0.5) is 0 Å². The number of nitrogens with zero attached hydrogens (tertiary/aromatic N) is 3. The van der Waals surface area contributed by atoms with Crippen molar-refractivity contribution in [2.75, 3.05) is 20.3 Å². The van der Waals surface area contributed by atoms with Crippen molar-refractivity contribution in [3.05, 3.63) is 76.9 Å². The molecule has 2 aromatic carbocycles. The third kappa shape index (κ3) is 4.65. The van der Waals surface area contributed by atoms with Gasteiger partial charge in [-0.3, -0.25) is 14.3 Å². The Bertz CT molecular complexity index is 1150. The van der Waals surface area contributed by atoms with E-state index in [9.17, 15) is 9.59 Å².